The number of carbonyl (C=O) groups excluding carboxylic acids is 1. The summed E-state index contributed by atoms with van der Waals surface area (Å²) in [5.74, 6) is 0.107. The maximum atomic E-state index is 11.1. The monoisotopic (exact) mass is 310 g/mol. The quantitative estimate of drug-likeness (QED) is 0.627. The van der Waals surface area contributed by atoms with E-state index in [0.717, 1.165) is 10.6 Å². The van der Waals surface area contributed by atoms with Crippen molar-refractivity contribution >= 4 is 41.3 Å². The van der Waals surface area contributed by atoms with Crippen molar-refractivity contribution in [1.82, 2.24) is 0 Å². The molecular formula is C14H11ClOSe. The van der Waals surface area contributed by atoms with E-state index in [2.05, 4.69) is 0 Å². The van der Waals surface area contributed by atoms with Gasteiger partial charge in [-0.05, 0) is 0 Å². The Bertz CT molecular complexity index is 517. The second-order valence-corrected chi connectivity index (χ2v) is 6.48. The molecule has 0 atom stereocenters. The van der Waals surface area contributed by atoms with Crippen LogP contribution in [0.4, 0.5) is 0 Å². The van der Waals surface area contributed by atoms with Crippen LogP contribution in [0.3, 0.4) is 0 Å². The van der Waals surface area contributed by atoms with Crippen LogP contribution < -0.4 is 8.92 Å². The predicted octanol–water partition coefficient (Wildman–Crippen LogP) is 2.20. The average molecular weight is 310 g/mol. The van der Waals surface area contributed by atoms with E-state index >= 15 is 0 Å². The van der Waals surface area contributed by atoms with Gasteiger partial charge >= 0.3 is 112 Å². The predicted molar refractivity (Wildman–Crippen MR) is 72.9 cm³/mol. The van der Waals surface area contributed by atoms with E-state index in [4.69, 9.17) is 11.6 Å². The molecule has 86 valence electrons. The number of rotatable bonds is 3. The summed E-state index contributed by atoms with van der Waals surface area (Å²) in [4.78, 5) is 11.1. The van der Waals surface area contributed by atoms with Crippen LogP contribution in [0.15, 0.2) is 48.5 Å². The summed E-state index contributed by atoms with van der Waals surface area (Å²) >= 11 is 6.10. The van der Waals surface area contributed by atoms with Crippen LogP contribution in [0.1, 0.15) is 17.3 Å². The van der Waals surface area contributed by atoms with Crippen LogP contribution in [-0.4, -0.2) is 20.7 Å². The van der Waals surface area contributed by atoms with Crippen LogP contribution in [0.5, 0.6) is 0 Å². The summed E-state index contributed by atoms with van der Waals surface area (Å²) in [6.07, 6.45) is 0. The zero-order valence-electron chi connectivity index (χ0n) is 9.31. The van der Waals surface area contributed by atoms with Crippen molar-refractivity contribution in [2.24, 2.45) is 0 Å². The van der Waals surface area contributed by atoms with Gasteiger partial charge in [-0.1, -0.05) is 0 Å². The Labute approximate surface area is 112 Å². The third-order valence-electron chi connectivity index (χ3n) is 2.31. The molecule has 0 spiro atoms. The number of Topliss-reactive ketones (excluding diaryl/α,β-unsaturated/α-hetero) is 1. The Morgan fingerprint density at radius 2 is 1.41 bits per heavy atom. The molecule has 0 aromatic heterocycles. The molecule has 0 aliphatic carbocycles. The number of carbonyl (C=O) groups is 1. The average Bonchev–Trinajstić information content (AvgIpc) is 2.33. The molecule has 0 heterocycles. The molecular weight excluding hydrogens is 299 g/mol. The van der Waals surface area contributed by atoms with E-state index < -0.39 is 0 Å². The standard InChI is InChI=1S/C14H11ClOSe/c1-10(16)11-2-6-13(7-3-11)17-14-8-4-12(15)5-9-14/h2-9H,1H3. The number of hydrogen-bond donors (Lipinski definition) is 0. The maximum absolute atomic E-state index is 11.1. The molecule has 0 aliphatic heterocycles. The van der Waals surface area contributed by atoms with E-state index in [0.29, 0.717) is 0 Å². The molecule has 1 nitrogen and oxygen atoms in total. The minimum absolute atomic E-state index is 0.107. The van der Waals surface area contributed by atoms with Crippen LogP contribution >= 0.6 is 11.6 Å². The van der Waals surface area contributed by atoms with Crippen molar-refractivity contribution in [2.75, 3.05) is 0 Å². The molecule has 0 fully saturated rings. The summed E-state index contributed by atoms with van der Waals surface area (Å²) in [6.45, 7) is 1.58. The summed E-state index contributed by atoms with van der Waals surface area (Å²) in [5, 5.41) is 0.761. The first-order chi connectivity index (χ1) is 8.15. The van der Waals surface area contributed by atoms with Gasteiger partial charge in [0.05, 0.1) is 0 Å². The van der Waals surface area contributed by atoms with E-state index in [1.807, 2.05) is 48.5 Å². The molecule has 2 aromatic rings. The molecule has 0 saturated heterocycles. The van der Waals surface area contributed by atoms with Gasteiger partial charge in [0.15, 0.2) is 0 Å². The number of hydrogen-bond acceptors (Lipinski definition) is 1. The normalized spacial score (nSPS) is 10.2. The van der Waals surface area contributed by atoms with Crippen molar-refractivity contribution in [3.05, 3.63) is 59.1 Å². The summed E-state index contributed by atoms with van der Waals surface area (Å²) in [6, 6.07) is 15.7. The summed E-state index contributed by atoms with van der Waals surface area (Å²) < 4.78 is 2.53. The minimum atomic E-state index is 0.107. The Morgan fingerprint density at radius 1 is 0.941 bits per heavy atom. The van der Waals surface area contributed by atoms with Crippen LogP contribution in [0, 0.1) is 0 Å². The van der Waals surface area contributed by atoms with Crippen LogP contribution in [-0.2, 0) is 0 Å². The Balaban J connectivity index is 2.13. The fraction of sp³-hybridized carbons (Fsp3) is 0.0714. The summed E-state index contributed by atoms with van der Waals surface area (Å²) in [5.41, 5.74) is 0.764. The van der Waals surface area contributed by atoms with Gasteiger partial charge in [0.1, 0.15) is 0 Å². The van der Waals surface area contributed by atoms with E-state index in [1.165, 1.54) is 8.92 Å². The topological polar surface area (TPSA) is 17.1 Å². The fourth-order valence-electron chi connectivity index (χ4n) is 1.40. The van der Waals surface area contributed by atoms with E-state index in [1.54, 1.807) is 6.92 Å². The van der Waals surface area contributed by atoms with Crippen molar-refractivity contribution in [1.29, 1.82) is 0 Å². The first kappa shape index (κ1) is 12.4. The molecule has 0 amide bonds. The molecule has 2 rings (SSSR count). The second-order valence-electron chi connectivity index (χ2n) is 3.64. The van der Waals surface area contributed by atoms with Crippen LogP contribution in [0.2, 0.25) is 5.02 Å². The summed E-state index contributed by atoms with van der Waals surface area (Å²) in [7, 11) is 0. The molecule has 0 radical (unpaired) electrons. The molecule has 17 heavy (non-hydrogen) atoms. The molecule has 2 aromatic carbocycles. The second kappa shape index (κ2) is 5.50. The van der Waals surface area contributed by atoms with Gasteiger partial charge in [-0.2, -0.15) is 0 Å². The Morgan fingerprint density at radius 3 is 1.88 bits per heavy atom. The molecule has 0 aliphatic rings. The van der Waals surface area contributed by atoms with Gasteiger partial charge in [0.2, 0.25) is 0 Å². The molecule has 3 heteroatoms. The van der Waals surface area contributed by atoms with Gasteiger partial charge in [0, 0.05) is 0 Å². The van der Waals surface area contributed by atoms with Gasteiger partial charge in [-0.3, -0.25) is 0 Å². The number of benzene rings is 2. The van der Waals surface area contributed by atoms with Crippen LogP contribution in [0.25, 0.3) is 0 Å². The third kappa shape index (κ3) is 3.44. The van der Waals surface area contributed by atoms with Crippen molar-refractivity contribution in [2.45, 2.75) is 6.92 Å². The SMILES string of the molecule is CC(=O)c1ccc([Se]c2ccc(Cl)cc2)cc1. The molecule has 0 unspecified atom stereocenters. The van der Waals surface area contributed by atoms with E-state index in [-0.39, 0.29) is 20.7 Å². The molecule has 0 N–H and O–H groups in total. The van der Waals surface area contributed by atoms with Crippen molar-refractivity contribution in [3.63, 3.8) is 0 Å². The number of ketones is 1. The first-order valence-corrected chi connectivity index (χ1v) is 7.29. The zero-order chi connectivity index (χ0) is 12.3. The van der Waals surface area contributed by atoms with Gasteiger partial charge in [-0.15, -0.1) is 0 Å². The van der Waals surface area contributed by atoms with Gasteiger partial charge in [-0.25, -0.2) is 0 Å². The first-order valence-electron chi connectivity index (χ1n) is 5.19. The van der Waals surface area contributed by atoms with Crippen molar-refractivity contribution < 1.29 is 4.79 Å². The Hall–Kier alpha value is -1.08. The van der Waals surface area contributed by atoms with E-state index in [9.17, 15) is 4.79 Å². The van der Waals surface area contributed by atoms with Gasteiger partial charge < -0.3 is 0 Å². The third-order valence-corrected chi connectivity index (χ3v) is 4.69. The Kier molecular flexibility index (Phi) is 4.01. The molecule has 0 bridgehead atoms. The van der Waals surface area contributed by atoms with Gasteiger partial charge in [0.25, 0.3) is 0 Å². The number of halogens is 1. The zero-order valence-corrected chi connectivity index (χ0v) is 11.8. The molecule has 0 saturated carbocycles. The van der Waals surface area contributed by atoms with Crippen molar-refractivity contribution in [3.8, 4) is 0 Å². The fourth-order valence-corrected chi connectivity index (χ4v) is 3.24.